The Balaban J connectivity index is 0.976. The maximum absolute atomic E-state index is 12.9. The molecule has 10 nitrogen and oxygen atoms in total. The molecule has 0 bridgehead atoms. The van der Waals surface area contributed by atoms with Gasteiger partial charge in [0, 0.05) is 31.6 Å². The first-order chi connectivity index (χ1) is 25.4. The monoisotopic (exact) mass is 706 g/mol. The van der Waals surface area contributed by atoms with Crippen LogP contribution in [0.3, 0.4) is 0 Å². The minimum absolute atomic E-state index is 0.204. The normalized spacial score (nSPS) is 16.3. The van der Waals surface area contributed by atoms with E-state index in [1.54, 1.807) is 30.3 Å². The molecule has 2 N–H and O–H groups in total. The van der Waals surface area contributed by atoms with Crippen LogP contribution in [-0.4, -0.2) is 73.4 Å². The molecule has 1 unspecified atom stereocenters. The Hall–Kier alpha value is -5.45. The van der Waals surface area contributed by atoms with Crippen molar-refractivity contribution in [2.24, 2.45) is 0 Å². The lowest BCUT2D eigenvalue weighted by atomic mass is 9.91. The second-order valence-electron chi connectivity index (χ2n) is 12.3. The first-order valence-corrected chi connectivity index (χ1v) is 17.7. The molecule has 0 saturated carbocycles. The van der Waals surface area contributed by atoms with Crippen LogP contribution in [0.1, 0.15) is 59.7 Å². The summed E-state index contributed by atoms with van der Waals surface area (Å²) in [6.07, 6.45) is 11.7. The third-order valence-corrected chi connectivity index (χ3v) is 8.72. The number of aromatic hydroxyl groups is 1. The first-order valence-electron chi connectivity index (χ1n) is 17.7. The number of hydrogen-bond donors (Lipinski definition) is 2. The topological polar surface area (TPSA) is 124 Å². The van der Waals surface area contributed by atoms with Crippen molar-refractivity contribution in [3.63, 3.8) is 0 Å². The van der Waals surface area contributed by atoms with Crippen LogP contribution in [-0.2, 0) is 25.6 Å². The summed E-state index contributed by atoms with van der Waals surface area (Å²) in [4.78, 5) is 38.1. The van der Waals surface area contributed by atoms with Crippen LogP contribution < -0.4 is 14.8 Å². The van der Waals surface area contributed by atoms with Gasteiger partial charge in [0.15, 0.2) is 0 Å². The van der Waals surface area contributed by atoms with Gasteiger partial charge in [0.2, 0.25) is 11.8 Å². The summed E-state index contributed by atoms with van der Waals surface area (Å²) >= 11 is 0. The maximum Gasteiger partial charge on any atom is 0.255 e. The van der Waals surface area contributed by atoms with Gasteiger partial charge in [-0.3, -0.25) is 19.7 Å². The number of amides is 3. The second-order valence-corrected chi connectivity index (χ2v) is 12.3. The smallest absolute Gasteiger partial charge is 0.255 e. The Kier molecular flexibility index (Phi) is 14.0. The van der Waals surface area contributed by atoms with Crippen molar-refractivity contribution in [1.82, 2.24) is 10.2 Å². The third kappa shape index (κ3) is 10.3. The molecule has 2 aliphatic heterocycles. The standard InChI is InChI=1S/C42H46N2O8/c1-3-5-6-7-9-30(4-2)40(31-10-14-34(45)15-11-31)32-12-16-35(17-13-32)52-27-26-50-25-24-49-22-8-23-51-36-18-19-37-33(28-36)29-44(42(37)48)38-20-21-39(46)43-41(38)47/h3,5-7,9-19,28,38,45H,1,4,8,20-27,29H2,2H3,(H,43,46,47)/b6-5-,9-7+,40-30-. The number of phenols is 1. The van der Waals surface area contributed by atoms with E-state index in [4.69, 9.17) is 18.9 Å². The fourth-order valence-electron chi connectivity index (χ4n) is 6.11. The quantitative estimate of drug-likeness (QED) is 0.0819. The molecule has 0 spiro atoms. The number of nitrogens with one attached hydrogen (secondary N) is 1. The molecule has 3 aromatic carbocycles. The lowest BCUT2D eigenvalue weighted by molar-refractivity contribution is -0.136. The van der Waals surface area contributed by atoms with Gasteiger partial charge in [0.05, 0.1) is 26.4 Å². The fourth-order valence-corrected chi connectivity index (χ4v) is 6.11. The average molecular weight is 707 g/mol. The summed E-state index contributed by atoms with van der Waals surface area (Å²) in [7, 11) is 0. The summed E-state index contributed by atoms with van der Waals surface area (Å²) in [5.41, 5.74) is 5.68. The van der Waals surface area contributed by atoms with E-state index in [1.807, 2.05) is 60.7 Å². The van der Waals surface area contributed by atoms with Crippen LogP contribution in [0.4, 0.5) is 0 Å². The number of imide groups is 1. The highest BCUT2D eigenvalue weighted by atomic mass is 16.5. The first kappa shape index (κ1) is 37.8. The SMILES string of the molecule is C=C\C=C/C=C/C(CC)=C(/c1ccc(O)cc1)c1ccc(OCCOCCOCCCOc2ccc3c(c2)CN(C2CCC(=O)NC2=O)C3=O)cc1. The van der Waals surface area contributed by atoms with Gasteiger partial charge in [-0.25, -0.2) is 0 Å². The van der Waals surface area contributed by atoms with E-state index < -0.39 is 11.9 Å². The molecule has 0 aromatic heterocycles. The highest BCUT2D eigenvalue weighted by Crippen LogP contribution is 2.32. The molecule has 1 fully saturated rings. The Bertz CT molecular complexity index is 1790. The fraction of sp³-hybridized carbons (Fsp3) is 0.310. The van der Waals surface area contributed by atoms with E-state index in [0.717, 1.165) is 40.0 Å². The van der Waals surface area contributed by atoms with Gasteiger partial charge in [0.25, 0.3) is 5.91 Å². The highest BCUT2D eigenvalue weighted by Gasteiger charge is 2.39. The molecule has 2 heterocycles. The molecule has 1 saturated heterocycles. The number of carbonyl (C=O) groups is 3. The van der Waals surface area contributed by atoms with E-state index in [2.05, 4.69) is 24.9 Å². The molecular formula is C42H46N2O8. The number of carbonyl (C=O) groups excluding carboxylic acids is 3. The van der Waals surface area contributed by atoms with Crippen LogP contribution >= 0.6 is 0 Å². The summed E-state index contributed by atoms with van der Waals surface area (Å²) in [5, 5.41) is 12.2. The van der Waals surface area contributed by atoms with Crippen molar-refractivity contribution in [3.05, 3.63) is 132 Å². The molecule has 52 heavy (non-hydrogen) atoms. The number of ether oxygens (including phenoxy) is 4. The van der Waals surface area contributed by atoms with Gasteiger partial charge in [-0.1, -0.05) is 68.1 Å². The van der Waals surface area contributed by atoms with Crippen molar-refractivity contribution >= 4 is 23.3 Å². The molecule has 0 aliphatic carbocycles. The molecule has 272 valence electrons. The van der Waals surface area contributed by atoms with Crippen molar-refractivity contribution in [1.29, 1.82) is 0 Å². The zero-order valence-corrected chi connectivity index (χ0v) is 29.6. The van der Waals surface area contributed by atoms with Gasteiger partial charge < -0.3 is 29.0 Å². The predicted octanol–water partition coefficient (Wildman–Crippen LogP) is 6.54. The minimum Gasteiger partial charge on any atom is -0.508 e. The van der Waals surface area contributed by atoms with E-state index in [9.17, 15) is 19.5 Å². The number of fused-ring (bicyclic) bond motifs is 1. The molecule has 3 aromatic rings. The van der Waals surface area contributed by atoms with Gasteiger partial charge in [0.1, 0.15) is 29.9 Å². The summed E-state index contributed by atoms with van der Waals surface area (Å²) in [6, 6.07) is 19.9. The average Bonchev–Trinajstić information content (AvgIpc) is 3.47. The highest BCUT2D eigenvalue weighted by molar-refractivity contribution is 6.05. The Morgan fingerprint density at radius 1 is 0.846 bits per heavy atom. The zero-order chi connectivity index (χ0) is 36.7. The molecule has 10 heteroatoms. The van der Waals surface area contributed by atoms with Gasteiger partial charge in [-0.15, -0.1) is 0 Å². The molecule has 5 rings (SSSR count). The molecule has 1 atom stereocenters. The molecule has 2 aliphatic rings. The largest absolute Gasteiger partial charge is 0.508 e. The van der Waals surface area contributed by atoms with E-state index >= 15 is 0 Å². The van der Waals surface area contributed by atoms with E-state index in [0.29, 0.717) is 70.3 Å². The van der Waals surface area contributed by atoms with Crippen molar-refractivity contribution in [2.45, 2.75) is 45.2 Å². The number of phenolic OH excluding ortho intramolecular Hbond substituents is 1. The summed E-state index contributed by atoms with van der Waals surface area (Å²) in [6.45, 7) is 8.86. The Morgan fingerprint density at radius 3 is 2.23 bits per heavy atom. The molecule has 0 radical (unpaired) electrons. The van der Waals surface area contributed by atoms with Crippen LogP contribution in [0.15, 0.2) is 109 Å². The second kappa shape index (κ2) is 19.2. The molecular weight excluding hydrogens is 660 g/mol. The van der Waals surface area contributed by atoms with Crippen LogP contribution in [0, 0.1) is 0 Å². The van der Waals surface area contributed by atoms with Gasteiger partial charge in [-0.2, -0.15) is 0 Å². The van der Waals surface area contributed by atoms with Crippen molar-refractivity contribution < 1.29 is 38.4 Å². The van der Waals surface area contributed by atoms with Crippen molar-refractivity contribution in [3.8, 4) is 17.2 Å². The van der Waals surface area contributed by atoms with Crippen LogP contribution in [0.5, 0.6) is 17.2 Å². The number of nitrogens with zero attached hydrogens (tertiary/aromatic N) is 1. The van der Waals surface area contributed by atoms with Crippen molar-refractivity contribution in [2.75, 3.05) is 39.6 Å². The summed E-state index contributed by atoms with van der Waals surface area (Å²) in [5.74, 6) is 0.695. The number of allylic oxidation sites excluding steroid dienone is 6. The third-order valence-electron chi connectivity index (χ3n) is 8.72. The number of benzene rings is 3. The lowest BCUT2D eigenvalue weighted by Gasteiger charge is -2.29. The summed E-state index contributed by atoms with van der Waals surface area (Å²) < 4.78 is 23.1. The van der Waals surface area contributed by atoms with Crippen LogP contribution in [0.2, 0.25) is 0 Å². The number of hydrogen-bond acceptors (Lipinski definition) is 8. The zero-order valence-electron chi connectivity index (χ0n) is 29.6. The Labute approximate surface area is 305 Å². The van der Waals surface area contributed by atoms with Gasteiger partial charge >= 0.3 is 0 Å². The maximum atomic E-state index is 12.9. The lowest BCUT2D eigenvalue weighted by Crippen LogP contribution is -2.52. The predicted molar refractivity (Wildman–Crippen MR) is 199 cm³/mol. The minimum atomic E-state index is -0.637. The number of rotatable bonds is 19. The van der Waals surface area contributed by atoms with E-state index in [1.165, 1.54) is 4.90 Å². The van der Waals surface area contributed by atoms with Crippen LogP contribution in [0.25, 0.3) is 5.57 Å². The van der Waals surface area contributed by atoms with Gasteiger partial charge in [-0.05, 0) is 83.1 Å². The number of piperidine rings is 1. The molecule has 3 amide bonds. The Morgan fingerprint density at radius 2 is 1.52 bits per heavy atom. The van der Waals surface area contributed by atoms with E-state index in [-0.39, 0.29) is 24.0 Å².